The van der Waals surface area contributed by atoms with Gasteiger partial charge in [0.2, 0.25) is 10.0 Å². The quantitative estimate of drug-likeness (QED) is 0.171. The van der Waals surface area contributed by atoms with Crippen molar-refractivity contribution in [1.82, 2.24) is 5.32 Å². The second kappa shape index (κ2) is 11.1. The van der Waals surface area contributed by atoms with Crippen LogP contribution in [0.4, 0.5) is 5.69 Å². The predicted molar refractivity (Wildman–Crippen MR) is 164 cm³/mol. The molecule has 0 aliphatic heterocycles. The maximum Gasteiger partial charge on any atom is 0.338 e. The Morgan fingerprint density at radius 2 is 1.82 bits per heavy atom. The number of ether oxygens (including phenoxy) is 1. The van der Waals surface area contributed by atoms with E-state index >= 15 is 0 Å². The molecule has 0 atom stereocenters. The third-order valence-corrected chi connectivity index (χ3v) is 9.17. The smallest absolute Gasteiger partial charge is 0.338 e. The van der Waals surface area contributed by atoms with Gasteiger partial charge in [0.05, 0.1) is 36.7 Å². The topological polar surface area (TPSA) is 106 Å². The largest absolute Gasteiger partial charge is 0.465 e. The van der Waals surface area contributed by atoms with E-state index in [9.17, 15) is 18.0 Å². The van der Waals surface area contributed by atoms with Gasteiger partial charge in [0.1, 0.15) is 11.3 Å². The molecule has 1 saturated carbocycles. The Kier molecular flexibility index (Phi) is 7.86. The highest BCUT2D eigenvalue weighted by Gasteiger charge is 2.33. The molecule has 0 unspecified atom stereocenters. The summed E-state index contributed by atoms with van der Waals surface area (Å²) in [5.74, 6) is -0.287. The van der Waals surface area contributed by atoms with Crippen LogP contribution in [-0.4, -0.2) is 40.7 Å². The van der Waals surface area contributed by atoms with E-state index in [2.05, 4.69) is 5.32 Å². The van der Waals surface area contributed by atoms with Crippen LogP contribution >= 0.6 is 34.2 Å². The molecule has 0 bridgehead atoms. The van der Waals surface area contributed by atoms with Gasteiger partial charge in [0.15, 0.2) is 0 Å². The molecular weight excluding hydrogens is 667 g/mol. The van der Waals surface area contributed by atoms with Gasteiger partial charge in [0.25, 0.3) is 5.91 Å². The first kappa shape index (κ1) is 28.4. The molecule has 40 heavy (non-hydrogen) atoms. The maximum atomic E-state index is 13.2. The first-order valence-electron chi connectivity index (χ1n) is 12.4. The summed E-state index contributed by atoms with van der Waals surface area (Å²) in [6.07, 6.45) is 2.96. The monoisotopic (exact) mass is 692 g/mol. The van der Waals surface area contributed by atoms with Crippen molar-refractivity contribution in [3.8, 4) is 11.3 Å². The highest BCUT2D eigenvalue weighted by atomic mass is 127. The zero-order valence-electron chi connectivity index (χ0n) is 22.0. The lowest BCUT2D eigenvalue weighted by molar-refractivity contribution is 0.0599. The third-order valence-electron chi connectivity index (χ3n) is 6.85. The van der Waals surface area contributed by atoms with Crippen LogP contribution in [-0.2, 0) is 21.3 Å². The molecule has 1 N–H and O–H groups in total. The Morgan fingerprint density at radius 3 is 2.42 bits per heavy atom. The fourth-order valence-corrected chi connectivity index (χ4v) is 6.31. The lowest BCUT2D eigenvalue weighted by Crippen LogP contribution is -2.30. The molecule has 208 valence electrons. The number of methoxy groups -OCH3 is 1. The number of furan rings is 1. The Balaban J connectivity index is 1.69. The summed E-state index contributed by atoms with van der Waals surface area (Å²) in [5, 5.41) is 3.85. The van der Waals surface area contributed by atoms with Gasteiger partial charge in [-0.2, -0.15) is 0 Å². The van der Waals surface area contributed by atoms with Crippen LogP contribution in [0, 0.1) is 3.57 Å². The number of amides is 1. The minimum absolute atomic E-state index is 0.00196. The van der Waals surface area contributed by atoms with Gasteiger partial charge in [-0.25, -0.2) is 13.2 Å². The van der Waals surface area contributed by atoms with Crippen LogP contribution in [0.25, 0.3) is 22.3 Å². The number of carbonyl (C=O) groups is 2. The summed E-state index contributed by atoms with van der Waals surface area (Å²) in [5.41, 5.74) is 3.72. The standard InChI is InChI=1S/C29H26ClIN2O6S/c1-32-28(34)26-22-13-20(17-5-6-17)24(14-25(22)39-27(26)18-7-9-19(30)10-8-18)33(40(3,36)37)15-16-4-11-23(31)21(12-16)29(35)38-2/h4,7-14,17H,5-6,15H2,1-3H3,(H,32,34). The van der Waals surface area contributed by atoms with Crippen LogP contribution in [0.5, 0.6) is 0 Å². The Morgan fingerprint density at radius 1 is 1.12 bits per heavy atom. The van der Waals surface area contributed by atoms with Crippen LogP contribution in [0.1, 0.15) is 50.6 Å². The van der Waals surface area contributed by atoms with Crippen molar-refractivity contribution in [3.63, 3.8) is 0 Å². The zero-order valence-corrected chi connectivity index (χ0v) is 25.7. The number of hydrogen-bond donors (Lipinski definition) is 1. The van der Waals surface area contributed by atoms with Gasteiger partial charge < -0.3 is 14.5 Å². The normalized spacial score (nSPS) is 13.3. The molecule has 0 spiro atoms. The molecule has 3 aromatic carbocycles. The number of anilines is 1. The molecule has 5 rings (SSSR count). The molecule has 1 aliphatic rings. The Bertz CT molecular complexity index is 1750. The van der Waals surface area contributed by atoms with Crippen molar-refractivity contribution < 1.29 is 27.2 Å². The van der Waals surface area contributed by atoms with E-state index in [1.165, 1.54) is 11.4 Å². The molecule has 8 nitrogen and oxygen atoms in total. The SMILES string of the molecule is CNC(=O)c1c(-c2ccc(Cl)cc2)oc2cc(N(Cc3ccc(I)c(C(=O)OC)c3)S(C)(=O)=O)c(C3CC3)cc12. The number of halogens is 2. The molecule has 0 saturated heterocycles. The summed E-state index contributed by atoms with van der Waals surface area (Å²) in [4.78, 5) is 25.3. The van der Waals surface area contributed by atoms with E-state index < -0.39 is 16.0 Å². The fourth-order valence-electron chi connectivity index (χ4n) is 4.73. The highest BCUT2D eigenvalue weighted by Crippen LogP contribution is 2.48. The highest BCUT2D eigenvalue weighted by molar-refractivity contribution is 14.1. The van der Waals surface area contributed by atoms with Crippen LogP contribution in [0.2, 0.25) is 5.02 Å². The van der Waals surface area contributed by atoms with E-state index in [0.29, 0.717) is 53.3 Å². The molecule has 1 amide bonds. The van der Waals surface area contributed by atoms with E-state index in [1.54, 1.807) is 55.6 Å². The second-order valence-electron chi connectivity index (χ2n) is 9.65. The van der Waals surface area contributed by atoms with Gasteiger partial charge in [0, 0.05) is 32.7 Å². The average molecular weight is 693 g/mol. The van der Waals surface area contributed by atoms with Crippen LogP contribution in [0.15, 0.2) is 59.0 Å². The predicted octanol–water partition coefficient (Wildman–Crippen LogP) is 6.35. The fraction of sp³-hybridized carbons (Fsp3) is 0.241. The summed E-state index contributed by atoms with van der Waals surface area (Å²) in [6, 6.07) is 15.7. The average Bonchev–Trinajstić information content (AvgIpc) is 3.71. The molecule has 11 heteroatoms. The molecule has 1 aliphatic carbocycles. The third kappa shape index (κ3) is 5.57. The molecule has 4 aromatic rings. The van der Waals surface area contributed by atoms with Crippen molar-refractivity contribution in [2.24, 2.45) is 0 Å². The van der Waals surface area contributed by atoms with Crippen molar-refractivity contribution in [1.29, 1.82) is 0 Å². The number of hydrogen-bond acceptors (Lipinski definition) is 6. The lowest BCUT2D eigenvalue weighted by Gasteiger charge is -2.25. The van der Waals surface area contributed by atoms with Gasteiger partial charge in [-0.1, -0.05) is 17.7 Å². The van der Waals surface area contributed by atoms with Crippen LogP contribution < -0.4 is 9.62 Å². The summed E-state index contributed by atoms with van der Waals surface area (Å²) < 4.78 is 39.6. The van der Waals surface area contributed by atoms with Crippen molar-refractivity contribution >= 4 is 72.7 Å². The summed E-state index contributed by atoms with van der Waals surface area (Å²) in [6.45, 7) is -0.00196. The first-order valence-corrected chi connectivity index (χ1v) is 15.7. The zero-order chi connectivity index (χ0) is 28.8. The molecule has 1 heterocycles. The van der Waals surface area contributed by atoms with Crippen molar-refractivity contribution in [3.05, 3.63) is 85.4 Å². The van der Waals surface area contributed by atoms with Crippen LogP contribution in [0.3, 0.4) is 0 Å². The van der Waals surface area contributed by atoms with E-state index in [0.717, 1.165) is 24.7 Å². The number of rotatable bonds is 8. The first-order chi connectivity index (χ1) is 19.0. The van der Waals surface area contributed by atoms with Gasteiger partial charge in [-0.05, 0) is 94.9 Å². The Labute approximate surface area is 250 Å². The van der Waals surface area contributed by atoms with Crippen molar-refractivity contribution in [2.45, 2.75) is 25.3 Å². The maximum absolute atomic E-state index is 13.2. The summed E-state index contributed by atoms with van der Waals surface area (Å²) in [7, 11) is -0.905. The number of benzene rings is 3. The molecular formula is C29H26ClIN2O6S. The van der Waals surface area contributed by atoms with E-state index in [1.807, 2.05) is 28.7 Å². The molecule has 0 radical (unpaired) electrons. The second-order valence-corrected chi connectivity index (χ2v) is 13.2. The van der Waals surface area contributed by atoms with Crippen molar-refractivity contribution in [2.75, 3.05) is 24.7 Å². The van der Waals surface area contributed by atoms with Gasteiger partial charge in [-0.3, -0.25) is 9.10 Å². The number of carbonyl (C=O) groups excluding carboxylic acids is 2. The number of nitrogens with zero attached hydrogens (tertiary/aromatic N) is 1. The lowest BCUT2D eigenvalue weighted by atomic mass is 10.00. The minimum atomic E-state index is -3.76. The Hall–Kier alpha value is -3.09. The van der Waals surface area contributed by atoms with E-state index in [-0.39, 0.29) is 18.4 Å². The number of sulfonamides is 1. The van der Waals surface area contributed by atoms with E-state index in [4.69, 9.17) is 20.8 Å². The number of esters is 1. The molecule has 1 fully saturated rings. The van der Waals surface area contributed by atoms with Gasteiger partial charge >= 0.3 is 5.97 Å². The minimum Gasteiger partial charge on any atom is -0.465 e. The molecule has 1 aromatic heterocycles. The number of nitrogens with one attached hydrogen (secondary N) is 1. The number of fused-ring (bicyclic) bond motifs is 1. The summed E-state index contributed by atoms with van der Waals surface area (Å²) >= 11 is 8.12. The van der Waals surface area contributed by atoms with Gasteiger partial charge in [-0.15, -0.1) is 0 Å².